The first-order chi connectivity index (χ1) is 10.4. The summed E-state index contributed by atoms with van der Waals surface area (Å²) in [5, 5.41) is 5.16. The van der Waals surface area contributed by atoms with Crippen LogP contribution in [-0.2, 0) is 9.53 Å². The average molecular weight is 408 g/mol. The molecule has 1 atom stereocenters. The third-order valence-electron chi connectivity index (χ3n) is 3.02. The number of rotatable bonds is 4. The highest BCUT2D eigenvalue weighted by molar-refractivity contribution is 9.10. The van der Waals surface area contributed by atoms with Gasteiger partial charge in [0.15, 0.2) is 0 Å². The second-order valence-corrected chi connectivity index (χ2v) is 6.44. The Morgan fingerprint density at radius 2 is 2.00 bits per heavy atom. The molecular weight excluding hydrogens is 395 g/mol. The number of urea groups is 1. The van der Waals surface area contributed by atoms with Gasteiger partial charge in [0.2, 0.25) is 0 Å². The number of alkyl halides is 2. The van der Waals surface area contributed by atoms with E-state index in [4.69, 9.17) is 27.9 Å². The minimum atomic E-state index is -1.05. The molecular formula is C14H13BrCl2N2O3. The van der Waals surface area contributed by atoms with Crippen LogP contribution in [0.1, 0.15) is 18.5 Å². The molecule has 0 saturated carbocycles. The van der Waals surface area contributed by atoms with Crippen LogP contribution in [0, 0.1) is 0 Å². The Kier molecular flexibility index (Phi) is 5.72. The summed E-state index contributed by atoms with van der Waals surface area (Å²) in [5.41, 5.74) is 1.05. The normalized spacial score (nSPS) is 18.0. The van der Waals surface area contributed by atoms with Gasteiger partial charge in [-0.05, 0) is 24.6 Å². The van der Waals surface area contributed by atoms with Crippen LogP contribution in [0.4, 0.5) is 4.79 Å². The fraction of sp³-hybridized carbons (Fsp3) is 0.286. The third kappa shape index (κ3) is 3.74. The molecule has 5 nitrogen and oxygen atoms in total. The monoisotopic (exact) mass is 406 g/mol. The van der Waals surface area contributed by atoms with E-state index >= 15 is 0 Å². The zero-order valence-electron chi connectivity index (χ0n) is 11.5. The van der Waals surface area contributed by atoms with Crippen LogP contribution in [-0.4, -0.2) is 23.4 Å². The lowest BCUT2D eigenvalue weighted by Crippen LogP contribution is -2.47. The largest absolute Gasteiger partial charge is 0.463 e. The summed E-state index contributed by atoms with van der Waals surface area (Å²) < 4.78 is 5.94. The van der Waals surface area contributed by atoms with Crippen LogP contribution in [0.5, 0.6) is 0 Å². The van der Waals surface area contributed by atoms with Crippen LogP contribution in [0.25, 0.3) is 0 Å². The number of esters is 1. The van der Waals surface area contributed by atoms with E-state index in [0.717, 1.165) is 4.47 Å². The van der Waals surface area contributed by atoms with Crippen LogP contribution in [0.3, 0.4) is 0 Å². The van der Waals surface area contributed by atoms with E-state index < -0.39 is 22.9 Å². The molecule has 0 aliphatic carbocycles. The quantitative estimate of drug-likeness (QED) is 0.593. The number of halogens is 3. The average Bonchev–Trinajstić information content (AvgIpc) is 2.47. The highest BCUT2D eigenvalue weighted by atomic mass is 79.9. The Labute approximate surface area is 146 Å². The van der Waals surface area contributed by atoms with Gasteiger partial charge in [-0.15, -0.1) is 0 Å². The number of ether oxygens (including phenoxy) is 1. The fourth-order valence-corrected chi connectivity index (χ4v) is 2.71. The van der Waals surface area contributed by atoms with Gasteiger partial charge in [-0.25, -0.2) is 9.59 Å². The van der Waals surface area contributed by atoms with Crippen molar-refractivity contribution in [3.8, 4) is 0 Å². The number of hydrogen-bond acceptors (Lipinski definition) is 3. The Bertz CT molecular complexity index is 617. The second kappa shape index (κ2) is 7.35. The number of carbonyl (C=O) groups is 2. The molecule has 1 aliphatic rings. The second-order valence-electron chi connectivity index (χ2n) is 4.43. The molecule has 118 valence electrons. The third-order valence-corrected chi connectivity index (χ3v) is 3.98. The summed E-state index contributed by atoms with van der Waals surface area (Å²) in [4.78, 5) is 23.0. The van der Waals surface area contributed by atoms with Gasteiger partial charge in [0.05, 0.1) is 23.9 Å². The predicted molar refractivity (Wildman–Crippen MR) is 87.7 cm³/mol. The Morgan fingerprint density at radius 1 is 1.36 bits per heavy atom. The van der Waals surface area contributed by atoms with Crippen LogP contribution < -0.4 is 10.6 Å². The lowest BCUT2D eigenvalue weighted by atomic mass is 9.95. The molecule has 1 aliphatic heterocycles. The Morgan fingerprint density at radius 3 is 2.55 bits per heavy atom. The summed E-state index contributed by atoms with van der Waals surface area (Å²) in [5.74, 6) is -0.579. The zero-order valence-corrected chi connectivity index (χ0v) is 14.6. The highest BCUT2D eigenvalue weighted by Crippen LogP contribution is 2.31. The number of allylic oxidation sites excluding steroid dienone is 1. The molecule has 0 saturated heterocycles. The summed E-state index contributed by atoms with van der Waals surface area (Å²) in [7, 11) is 0. The molecule has 0 radical (unpaired) electrons. The molecule has 8 heteroatoms. The minimum absolute atomic E-state index is 0.137. The Balaban J connectivity index is 2.52. The first-order valence-electron chi connectivity index (χ1n) is 6.46. The molecule has 0 aromatic heterocycles. The van der Waals surface area contributed by atoms with E-state index in [1.165, 1.54) is 0 Å². The molecule has 0 bridgehead atoms. The van der Waals surface area contributed by atoms with Crippen molar-refractivity contribution < 1.29 is 14.3 Å². The first kappa shape index (κ1) is 17.1. The van der Waals surface area contributed by atoms with Crippen molar-refractivity contribution in [2.24, 2.45) is 0 Å². The van der Waals surface area contributed by atoms with Crippen molar-refractivity contribution in [2.45, 2.75) is 17.8 Å². The van der Waals surface area contributed by atoms with Gasteiger partial charge in [0.1, 0.15) is 4.84 Å². The predicted octanol–water partition coefficient (Wildman–Crippen LogP) is 3.42. The summed E-state index contributed by atoms with van der Waals surface area (Å²) in [6.45, 7) is 1.90. The number of carbonyl (C=O) groups excluding carboxylic acids is 2. The molecule has 22 heavy (non-hydrogen) atoms. The van der Waals surface area contributed by atoms with Gasteiger partial charge in [-0.3, -0.25) is 0 Å². The van der Waals surface area contributed by atoms with Crippen molar-refractivity contribution in [1.29, 1.82) is 0 Å². The summed E-state index contributed by atoms with van der Waals surface area (Å²) >= 11 is 15.1. The van der Waals surface area contributed by atoms with Gasteiger partial charge >= 0.3 is 12.0 Å². The first-order valence-corrected chi connectivity index (χ1v) is 8.13. The lowest BCUT2D eigenvalue weighted by molar-refractivity contribution is -0.139. The van der Waals surface area contributed by atoms with Crippen molar-refractivity contribution in [3.05, 3.63) is 45.6 Å². The number of benzene rings is 1. The highest BCUT2D eigenvalue weighted by Gasteiger charge is 2.35. The smallest absolute Gasteiger partial charge is 0.338 e. The van der Waals surface area contributed by atoms with Crippen LogP contribution in [0.15, 0.2) is 40.0 Å². The molecule has 2 rings (SSSR count). The van der Waals surface area contributed by atoms with Crippen LogP contribution >= 0.6 is 39.1 Å². The number of nitrogens with one attached hydrogen (secondary N) is 2. The van der Waals surface area contributed by atoms with E-state index in [0.29, 0.717) is 5.56 Å². The van der Waals surface area contributed by atoms with E-state index in [-0.39, 0.29) is 17.9 Å². The van der Waals surface area contributed by atoms with Crippen molar-refractivity contribution in [2.75, 3.05) is 6.61 Å². The van der Waals surface area contributed by atoms with Gasteiger partial charge in [-0.2, -0.15) is 0 Å². The van der Waals surface area contributed by atoms with Gasteiger partial charge in [0, 0.05) is 4.47 Å². The standard InChI is InChI=1S/C14H13BrCl2N2O3/c1-2-22-13(20)9-10(7-3-5-8(15)6-4-7)18-14(21)19-11(9)12(16)17/h3-6,10,12H,2H2,1H3,(H2,18,19,21). The summed E-state index contributed by atoms with van der Waals surface area (Å²) in [6, 6.07) is 6.03. The van der Waals surface area contributed by atoms with Crippen molar-refractivity contribution in [3.63, 3.8) is 0 Å². The van der Waals surface area contributed by atoms with E-state index in [1.807, 2.05) is 12.1 Å². The van der Waals surface area contributed by atoms with E-state index in [2.05, 4.69) is 26.6 Å². The molecule has 1 unspecified atom stereocenters. The van der Waals surface area contributed by atoms with Gasteiger partial charge < -0.3 is 15.4 Å². The molecule has 1 heterocycles. The topological polar surface area (TPSA) is 67.4 Å². The fourth-order valence-electron chi connectivity index (χ4n) is 2.10. The molecule has 0 fully saturated rings. The maximum atomic E-state index is 12.3. The number of hydrogen-bond donors (Lipinski definition) is 2. The lowest BCUT2D eigenvalue weighted by Gasteiger charge is -2.29. The van der Waals surface area contributed by atoms with Crippen molar-refractivity contribution >= 4 is 51.1 Å². The molecule has 2 amide bonds. The minimum Gasteiger partial charge on any atom is -0.463 e. The summed E-state index contributed by atoms with van der Waals surface area (Å²) in [6.07, 6.45) is 0. The molecule has 0 spiro atoms. The maximum absolute atomic E-state index is 12.3. The van der Waals surface area contributed by atoms with Gasteiger partial charge in [0.25, 0.3) is 0 Å². The molecule has 1 aromatic rings. The van der Waals surface area contributed by atoms with Gasteiger partial charge in [-0.1, -0.05) is 51.3 Å². The van der Waals surface area contributed by atoms with E-state index in [9.17, 15) is 9.59 Å². The van der Waals surface area contributed by atoms with E-state index in [1.54, 1.807) is 19.1 Å². The molecule has 2 N–H and O–H groups in total. The Hall–Kier alpha value is -1.24. The van der Waals surface area contributed by atoms with Crippen LogP contribution in [0.2, 0.25) is 0 Å². The number of amides is 2. The zero-order chi connectivity index (χ0) is 16.3. The maximum Gasteiger partial charge on any atom is 0.338 e. The SMILES string of the molecule is CCOC(=O)C1=C(C(Cl)Cl)NC(=O)NC1c1ccc(Br)cc1. The van der Waals surface area contributed by atoms with Crippen molar-refractivity contribution in [1.82, 2.24) is 10.6 Å². The molecule has 1 aromatic carbocycles.